The Morgan fingerprint density at radius 2 is 1.62 bits per heavy atom. The van der Waals surface area contributed by atoms with Crippen LogP contribution in [0.2, 0.25) is 0 Å². The molecule has 0 saturated heterocycles. The van der Waals surface area contributed by atoms with Crippen molar-refractivity contribution in [2.45, 2.75) is 71.8 Å². The third kappa shape index (κ3) is 9.88. The zero-order chi connectivity index (χ0) is 9.94. The number of hydrogen-bond donors (Lipinski definition) is 1. The monoisotopic (exact) mass is 185 g/mol. The SMILES string of the molecule is CCCCCCNC(C)CCCC. The number of unbranched alkanes of at least 4 members (excludes halogenated alkanes) is 4. The fraction of sp³-hybridized carbons (Fsp3) is 1.00. The topological polar surface area (TPSA) is 12.0 Å². The van der Waals surface area contributed by atoms with Crippen molar-refractivity contribution in [1.82, 2.24) is 5.32 Å². The lowest BCUT2D eigenvalue weighted by atomic mass is 10.1. The summed E-state index contributed by atoms with van der Waals surface area (Å²) in [5.41, 5.74) is 0. The maximum absolute atomic E-state index is 3.58. The highest BCUT2D eigenvalue weighted by Gasteiger charge is 1.98. The average molecular weight is 185 g/mol. The van der Waals surface area contributed by atoms with Gasteiger partial charge in [-0.3, -0.25) is 0 Å². The van der Waals surface area contributed by atoms with Crippen LogP contribution in [-0.2, 0) is 0 Å². The van der Waals surface area contributed by atoms with Crippen molar-refractivity contribution in [3.63, 3.8) is 0 Å². The summed E-state index contributed by atoms with van der Waals surface area (Å²) in [5, 5.41) is 3.58. The van der Waals surface area contributed by atoms with Gasteiger partial charge < -0.3 is 5.32 Å². The van der Waals surface area contributed by atoms with Gasteiger partial charge in [0, 0.05) is 6.04 Å². The largest absolute Gasteiger partial charge is 0.314 e. The molecule has 0 heterocycles. The quantitative estimate of drug-likeness (QED) is 0.540. The summed E-state index contributed by atoms with van der Waals surface area (Å²) in [4.78, 5) is 0. The van der Waals surface area contributed by atoms with Gasteiger partial charge in [0.25, 0.3) is 0 Å². The first kappa shape index (κ1) is 13.0. The Morgan fingerprint density at radius 1 is 0.923 bits per heavy atom. The predicted molar refractivity (Wildman–Crippen MR) is 61.1 cm³/mol. The zero-order valence-corrected chi connectivity index (χ0v) is 9.73. The van der Waals surface area contributed by atoms with Gasteiger partial charge in [-0.1, -0.05) is 46.0 Å². The molecule has 0 aromatic carbocycles. The molecule has 1 heteroatoms. The van der Waals surface area contributed by atoms with Crippen molar-refractivity contribution in [2.75, 3.05) is 6.54 Å². The van der Waals surface area contributed by atoms with Gasteiger partial charge in [-0.25, -0.2) is 0 Å². The normalized spacial score (nSPS) is 13.2. The van der Waals surface area contributed by atoms with Crippen LogP contribution in [0, 0.1) is 0 Å². The van der Waals surface area contributed by atoms with E-state index in [0.717, 1.165) is 6.04 Å². The smallest absolute Gasteiger partial charge is 0.00387 e. The summed E-state index contributed by atoms with van der Waals surface area (Å²) in [6.07, 6.45) is 9.50. The van der Waals surface area contributed by atoms with E-state index in [1.807, 2.05) is 0 Å². The first-order valence-electron chi connectivity index (χ1n) is 6.04. The van der Waals surface area contributed by atoms with Gasteiger partial charge in [-0.2, -0.15) is 0 Å². The Kier molecular flexibility index (Phi) is 10.0. The van der Waals surface area contributed by atoms with Gasteiger partial charge in [0.2, 0.25) is 0 Å². The first-order chi connectivity index (χ1) is 6.31. The van der Waals surface area contributed by atoms with Crippen LogP contribution in [0.4, 0.5) is 0 Å². The molecule has 1 unspecified atom stereocenters. The highest BCUT2D eigenvalue weighted by Crippen LogP contribution is 2.01. The highest BCUT2D eigenvalue weighted by molar-refractivity contribution is 4.59. The number of nitrogens with one attached hydrogen (secondary N) is 1. The third-order valence-electron chi connectivity index (χ3n) is 2.51. The summed E-state index contributed by atoms with van der Waals surface area (Å²) in [6, 6.07) is 0.724. The van der Waals surface area contributed by atoms with Crippen molar-refractivity contribution in [3.05, 3.63) is 0 Å². The van der Waals surface area contributed by atoms with E-state index >= 15 is 0 Å². The molecule has 0 spiro atoms. The van der Waals surface area contributed by atoms with E-state index in [9.17, 15) is 0 Å². The molecule has 0 aromatic rings. The molecule has 0 aliphatic carbocycles. The van der Waals surface area contributed by atoms with Crippen molar-refractivity contribution < 1.29 is 0 Å². The summed E-state index contributed by atoms with van der Waals surface area (Å²) in [7, 11) is 0. The van der Waals surface area contributed by atoms with Gasteiger partial charge in [-0.15, -0.1) is 0 Å². The van der Waals surface area contributed by atoms with Crippen LogP contribution in [0.5, 0.6) is 0 Å². The third-order valence-corrected chi connectivity index (χ3v) is 2.51. The first-order valence-corrected chi connectivity index (χ1v) is 6.04. The Labute approximate surface area is 84.3 Å². The second-order valence-electron chi connectivity index (χ2n) is 4.06. The van der Waals surface area contributed by atoms with Crippen LogP contribution in [0.3, 0.4) is 0 Å². The van der Waals surface area contributed by atoms with Crippen molar-refractivity contribution >= 4 is 0 Å². The second-order valence-corrected chi connectivity index (χ2v) is 4.06. The summed E-state index contributed by atoms with van der Waals surface area (Å²) < 4.78 is 0. The molecule has 0 bridgehead atoms. The standard InChI is InChI=1S/C12H27N/c1-4-6-8-9-11-13-12(3)10-7-5-2/h12-13H,4-11H2,1-3H3. The minimum Gasteiger partial charge on any atom is -0.314 e. The van der Waals surface area contributed by atoms with E-state index in [1.54, 1.807) is 0 Å². The van der Waals surface area contributed by atoms with Crippen LogP contribution in [0.25, 0.3) is 0 Å². The van der Waals surface area contributed by atoms with E-state index < -0.39 is 0 Å². The molecule has 0 aliphatic heterocycles. The van der Waals surface area contributed by atoms with E-state index in [2.05, 4.69) is 26.1 Å². The van der Waals surface area contributed by atoms with Crippen LogP contribution < -0.4 is 5.32 Å². The lowest BCUT2D eigenvalue weighted by Gasteiger charge is -2.12. The second kappa shape index (κ2) is 10.0. The molecule has 0 fully saturated rings. The van der Waals surface area contributed by atoms with Crippen LogP contribution in [0.15, 0.2) is 0 Å². The minimum atomic E-state index is 0.724. The molecule has 0 rings (SSSR count). The maximum Gasteiger partial charge on any atom is 0.00387 e. The Bertz CT molecular complexity index is 91.1. The Balaban J connectivity index is 3.03. The molecule has 1 atom stereocenters. The fourth-order valence-corrected chi connectivity index (χ4v) is 1.51. The summed E-state index contributed by atoms with van der Waals surface area (Å²) in [5.74, 6) is 0. The van der Waals surface area contributed by atoms with Crippen molar-refractivity contribution in [1.29, 1.82) is 0 Å². The van der Waals surface area contributed by atoms with Crippen LogP contribution in [-0.4, -0.2) is 12.6 Å². The minimum absolute atomic E-state index is 0.724. The molecule has 0 saturated carbocycles. The van der Waals surface area contributed by atoms with E-state index in [0.29, 0.717) is 0 Å². The molecule has 1 nitrogen and oxygen atoms in total. The molecule has 0 aromatic heterocycles. The Hall–Kier alpha value is -0.0400. The van der Waals surface area contributed by atoms with Crippen molar-refractivity contribution in [3.8, 4) is 0 Å². The van der Waals surface area contributed by atoms with Crippen molar-refractivity contribution in [2.24, 2.45) is 0 Å². The summed E-state index contributed by atoms with van der Waals surface area (Å²) >= 11 is 0. The van der Waals surface area contributed by atoms with E-state index in [4.69, 9.17) is 0 Å². The lowest BCUT2D eigenvalue weighted by molar-refractivity contribution is 0.480. The molecule has 0 radical (unpaired) electrons. The number of hydrogen-bond acceptors (Lipinski definition) is 1. The van der Waals surface area contributed by atoms with Gasteiger partial charge in [0.1, 0.15) is 0 Å². The molecule has 1 N–H and O–H groups in total. The molecule has 0 aliphatic rings. The molecule has 80 valence electrons. The fourth-order valence-electron chi connectivity index (χ4n) is 1.51. The number of rotatable bonds is 9. The van der Waals surface area contributed by atoms with Gasteiger partial charge in [0.15, 0.2) is 0 Å². The molecule has 13 heavy (non-hydrogen) atoms. The average Bonchev–Trinajstić information content (AvgIpc) is 2.14. The van der Waals surface area contributed by atoms with Crippen LogP contribution in [0.1, 0.15) is 65.7 Å². The van der Waals surface area contributed by atoms with Gasteiger partial charge in [-0.05, 0) is 26.3 Å². The van der Waals surface area contributed by atoms with Gasteiger partial charge in [0.05, 0.1) is 0 Å². The van der Waals surface area contributed by atoms with Crippen LogP contribution >= 0.6 is 0 Å². The molecule has 0 amide bonds. The molecular weight excluding hydrogens is 158 g/mol. The maximum atomic E-state index is 3.58. The lowest BCUT2D eigenvalue weighted by Crippen LogP contribution is -2.26. The van der Waals surface area contributed by atoms with Gasteiger partial charge >= 0.3 is 0 Å². The van der Waals surface area contributed by atoms with E-state index in [-0.39, 0.29) is 0 Å². The van der Waals surface area contributed by atoms with E-state index in [1.165, 1.54) is 51.5 Å². The molecular formula is C12H27N. The highest BCUT2D eigenvalue weighted by atomic mass is 14.9. The Morgan fingerprint density at radius 3 is 2.23 bits per heavy atom. The zero-order valence-electron chi connectivity index (χ0n) is 9.73. The predicted octanol–water partition coefficient (Wildman–Crippen LogP) is 3.74. The summed E-state index contributed by atoms with van der Waals surface area (Å²) in [6.45, 7) is 8.03.